The third-order valence-corrected chi connectivity index (χ3v) is 5.13. The van der Waals surface area contributed by atoms with Gasteiger partial charge in [-0.2, -0.15) is 0 Å². The number of nitrogens with zero attached hydrogens (tertiary/aromatic N) is 1. The summed E-state index contributed by atoms with van der Waals surface area (Å²) in [6, 6.07) is 20.0. The first-order valence-corrected chi connectivity index (χ1v) is 11.0. The molecule has 0 fully saturated rings. The van der Waals surface area contributed by atoms with Crippen LogP contribution < -0.4 is 5.32 Å². The van der Waals surface area contributed by atoms with Gasteiger partial charge in [0.15, 0.2) is 6.61 Å². The van der Waals surface area contributed by atoms with Crippen molar-refractivity contribution in [3.8, 4) is 11.3 Å². The van der Waals surface area contributed by atoms with Gasteiger partial charge in [-0.15, -0.1) is 0 Å². The number of esters is 1. The number of anilines is 1. The number of carbonyl (C=O) groups excluding carboxylic acids is 3. The number of rotatable bonds is 10. The summed E-state index contributed by atoms with van der Waals surface area (Å²) >= 11 is 0. The lowest BCUT2D eigenvalue weighted by Crippen LogP contribution is -2.30. The van der Waals surface area contributed by atoms with Gasteiger partial charge in [0.2, 0.25) is 0 Å². The lowest BCUT2D eigenvalue weighted by Gasteiger charge is -2.18. The van der Waals surface area contributed by atoms with E-state index in [0.29, 0.717) is 36.5 Å². The number of aryl methyl sites for hydroxylation is 1. The van der Waals surface area contributed by atoms with Crippen LogP contribution in [0.1, 0.15) is 36.4 Å². The predicted octanol–water partition coefficient (Wildman–Crippen LogP) is 4.54. The molecule has 0 saturated carbocycles. The highest BCUT2D eigenvalue weighted by molar-refractivity contribution is 5.96. The summed E-state index contributed by atoms with van der Waals surface area (Å²) in [7, 11) is 0. The van der Waals surface area contributed by atoms with Gasteiger partial charge >= 0.3 is 5.97 Å². The number of nitrogens with one attached hydrogen (secondary N) is 1. The summed E-state index contributed by atoms with van der Waals surface area (Å²) in [4.78, 5) is 38.1. The zero-order valence-corrected chi connectivity index (χ0v) is 18.9. The summed E-state index contributed by atoms with van der Waals surface area (Å²) in [5.41, 5.74) is 2.04. The molecule has 0 bridgehead atoms. The Labute approximate surface area is 193 Å². The quantitative estimate of drug-likeness (QED) is 0.460. The average Bonchev–Trinajstić information content (AvgIpc) is 3.32. The van der Waals surface area contributed by atoms with E-state index in [1.54, 1.807) is 29.2 Å². The Bertz CT molecular complexity index is 1070. The van der Waals surface area contributed by atoms with E-state index in [1.165, 1.54) is 0 Å². The Morgan fingerprint density at radius 1 is 0.909 bits per heavy atom. The van der Waals surface area contributed by atoms with Crippen LogP contribution in [0.2, 0.25) is 0 Å². The molecule has 2 aromatic carbocycles. The fourth-order valence-corrected chi connectivity index (χ4v) is 3.30. The van der Waals surface area contributed by atoms with Crippen LogP contribution in [0.25, 0.3) is 11.3 Å². The van der Waals surface area contributed by atoms with Crippen molar-refractivity contribution in [1.82, 2.24) is 4.90 Å². The Balaban J connectivity index is 1.41. The fourth-order valence-electron chi connectivity index (χ4n) is 3.30. The number of ether oxygens (including phenoxy) is 1. The summed E-state index contributed by atoms with van der Waals surface area (Å²) in [6.07, 6.45) is 0.493. The van der Waals surface area contributed by atoms with E-state index in [2.05, 4.69) is 5.32 Å². The van der Waals surface area contributed by atoms with Crippen molar-refractivity contribution >= 4 is 23.5 Å². The molecule has 0 spiro atoms. The van der Waals surface area contributed by atoms with E-state index < -0.39 is 11.9 Å². The summed E-state index contributed by atoms with van der Waals surface area (Å²) < 4.78 is 10.8. The lowest BCUT2D eigenvalue weighted by molar-refractivity contribution is -0.147. The van der Waals surface area contributed by atoms with Gasteiger partial charge in [-0.3, -0.25) is 14.4 Å². The van der Waals surface area contributed by atoms with Gasteiger partial charge in [0.05, 0.1) is 6.42 Å². The highest BCUT2D eigenvalue weighted by atomic mass is 16.5. The summed E-state index contributed by atoms with van der Waals surface area (Å²) in [6.45, 7) is 4.73. The molecule has 0 aliphatic rings. The third-order valence-electron chi connectivity index (χ3n) is 5.13. The maximum Gasteiger partial charge on any atom is 0.306 e. The van der Waals surface area contributed by atoms with Crippen LogP contribution in [0.4, 0.5) is 5.69 Å². The van der Waals surface area contributed by atoms with Crippen LogP contribution in [0, 0.1) is 0 Å². The SMILES string of the molecule is CCN(CC)C(=O)c1ccc(NC(=O)COC(=O)CCc2ccc(-c3ccccc3)o2)cc1. The molecule has 0 saturated heterocycles. The van der Waals surface area contributed by atoms with Gasteiger partial charge in [-0.1, -0.05) is 30.3 Å². The fraction of sp³-hybridized carbons (Fsp3) is 0.269. The van der Waals surface area contributed by atoms with Crippen molar-refractivity contribution < 1.29 is 23.5 Å². The minimum absolute atomic E-state index is 0.0562. The second-order valence-corrected chi connectivity index (χ2v) is 7.40. The first-order valence-electron chi connectivity index (χ1n) is 11.0. The monoisotopic (exact) mass is 448 g/mol. The molecule has 0 aliphatic carbocycles. The number of furan rings is 1. The van der Waals surface area contributed by atoms with E-state index in [0.717, 1.165) is 11.3 Å². The zero-order valence-electron chi connectivity index (χ0n) is 18.9. The molecule has 3 rings (SSSR count). The highest BCUT2D eigenvalue weighted by Crippen LogP contribution is 2.22. The summed E-state index contributed by atoms with van der Waals surface area (Å²) in [5.74, 6) is 0.426. The molecule has 0 unspecified atom stereocenters. The van der Waals surface area contributed by atoms with Gasteiger partial charge in [0, 0.05) is 36.3 Å². The van der Waals surface area contributed by atoms with Crippen molar-refractivity contribution in [2.75, 3.05) is 25.0 Å². The molecule has 2 amide bonds. The first kappa shape index (κ1) is 23.8. The molecule has 0 radical (unpaired) electrons. The molecule has 1 N–H and O–H groups in total. The minimum atomic E-state index is -0.483. The number of hydrogen-bond acceptors (Lipinski definition) is 5. The summed E-state index contributed by atoms with van der Waals surface area (Å²) in [5, 5.41) is 2.66. The van der Waals surface area contributed by atoms with Crippen LogP contribution in [-0.2, 0) is 20.7 Å². The molecule has 0 atom stereocenters. The number of amides is 2. The largest absolute Gasteiger partial charge is 0.461 e. The predicted molar refractivity (Wildman–Crippen MR) is 126 cm³/mol. The third kappa shape index (κ3) is 6.80. The number of carbonyl (C=O) groups is 3. The average molecular weight is 449 g/mol. The van der Waals surface area contributed by atoms with Crippen molar-refractivity contribution in [2.24, 2.45) is 0 Å². The molecule has 33 heavy (non-hydrogen) atoms. The van der Waals surface area contributed by atoms with Gasteiger partial charge < -0.3 is 19.4 Å². The van der Waals surface area contributed by atoms with Gasteiger partial charge in [-0.05, 0) is 50.2 Å². The second-order valence-electron chi connectivity index (χ2n) is 7.40. The molecule has 7 nitrogen and oxygen atoms in total. The maximum absolute atomic E-state index is 12.3. The smallest absolute Gasteiger partial charge is 0.306 e. The number of benzene rings is 2. The van der Waals surface area contributed by atoms with Gasteiger partial charge in [-0.25, -0.2) is 0 Å². The zero-order chi connectivity index (χ0) is 23.6. The van der Waals surface area contributed by atoms with Crippen LogP contribution in [0.5, 0.6) is 0 Å². The van der Waals surface area contributed by atoms with Gasteiger partial charge in [0.1, 0.15) is 11.5 Å². The molecule has 1 aromatic heterocycles. The van der Waals surface area contributed by atoms with E-state index in [4.69, 9.17) is 9.15 Å². The topological polar surface area (TPSA) is 88.9 Å². The highest BCUT2D eigenvalue weighted by Gasteiger charge is 2.13. The molecule has 0 aliphatic heterocycles. The number of hydrogen-bond donors (Lipinski definition) is 1. The van der Waals surface area contributed by atoms with Gasteiger partial charge in [0.25, 0.3) is 11.8 Å². The Morgan fingerprint density at radius 2 is 1.61 bits per heavy atom. The van der Waals surface area contributed by atoms with Crippen LogP contribution in [0.15, 0.2) is 71.1 Å². The Hall–Kier alpha value is -3.87. The molecule has 7 heteroatoms. The van der Waals surface area contributed by atoms with Crippen molar-refractivity contribution in [3.05, 3.63) is 78.1 Å². The Kier molecular flexibility index (Phi) is 8.41. The van der Waals surface area contributed by atoms with Crippen LogP contribution in [-0.4, -0.2) is 42.4 Å². The van der Waals surface area contributed by atoms with E-state index in [9.17, 15) is 14.4 Å². The lowest BCUT2D eigenvalue weighted by atomic mass is 10.2. The van der Waals surface area contributed by atoms with E-state index in [1.807, 2.05) is 56.3 Å². The molecular formula is C26H28N2O5. The standard InChI is InChI=1S/C26H28N2O5/c1-3-28(4-2)26(31)20-10-12-21(13-11-20)27-24(29)18-32-25(30)17-15-22-14-16-23(33-22)19-8-6-5-7-9-19/h5-14,16H,3-4,15,17-18H2,1-2H3,(H,27,29). The van der Waals surface area contributed by atoms with E-state index >= 15 is 0 Å². The molecule has 172 valence electrons. The second kappa shape index (κ2) is 11.7. The molecule has 1 heterocycles. The molecule has 3 aromatic rings. The van der Waals surface area contributed by atoms with Crippen LogP contribution >= 0.6 is 0 Å². The molecular weight excluding hydrogens is 420 g/mol. The maximum atomic E-state index is 12.3. The van der Waals surface area contributed by atoms with E-state index in [-0.39, 0.29) is 18.9 Å². The Morgan fingerprint density at radius 3 is 2.27 bits per heavy atom. The van der Waals surface area contributed by atoms with Crippen molar-refractivity contribution in [1.29, 1.82) is 0 Å². The van der Waals surface area contributed by atoms with Crippen LogP contribution in [0.3, 0.4) is 0 Å². The minimum Gasteiger partial charge on any atom is -0.461 e. The first-order chi connectivity index (χ1) is 16.0. The normalized spacial score (nSPS) is 10.5. The van der Waals surface area contributed by atoms with Crippen molar-refractivity contribution in [3.63, 3.8) is 0 Å². The van der Waals surface area contributed by atoms with Crippen molar-refractivity contribution in [2.45, 2.75) is 26.7 Å².